The van der Waals surface area contributed by atoms with E-state index in [2.05, 4.69) is 23.7 Å². The minimum absolute atomic E-state index is 1.29. The van der Waals surface area contributed by atoms with Crippen molar-refractivity contribution < 1.29 is 0 Å². The summed E-state index contributed by atoms with van der Waals surface area (Å²) in [6, 6.07) is 0. The van der Waals surface area contributed by atoms with Gasteiger partial charge in [-0.05, 0) is 0 Å². The van der Waals surface area contributed by atoms with Crippen molar-refractivity contribution in [3.05, 3.63) is 32.1 Å². The van der Waals surface area contributed by atoms with E-state index >= 15 is 0 Å². The van der Waals surface area contributed by atoms with Gasteiger partial charge in [0.15, 0.2) is 0 Å². The number of thiocyanates is 2. The van der Waals surface area contributed by atoms with Crippen LogP contribution >= 0.6 is 9.12 Å². The SMILES string of the molecule is [C-]#[N+]S(=C=NN=[N+]=[N-])(C#N)(C#N)[N+]#[C-]. The number of azide groups is 1. The fourth-order valence-corrected chi connectivity index (χ4v) is 0.919. The van der Waals surface area contributed by atoms with Crippen LogP contribution in [0.25, 0.3) is 18.9 Å². The summed E-state index contributed by atoms with van der Waals surface area (Å²) in [6.45, 7) is 13.3. The monoisotopic (exact) mass is 204 g/mol. The number of rotatable bonds is 1. The predicted octanol–water partition coefficient (Wildman–Crippen LogP) is 2.09. The number of hydrogen-bond acceptors (Lipinski definition) is 3. The van der Waals surface area contributed by atoms with Crippen molar-refractivity contribution in [2.45, 2.75) is 0 Å². The van der Waals surface area contributed by atoms with Crippen LogP contribution in [0.15, 0.2) is 10.3 Å². The van der Waals surface area contributed by atoms with E-state index in [1.807, 2.05) is 0 Å². The zero-order chi connectivity index (χ0) is 11.1. The molecule has 0 saturated heterocycles. The van der Waals surface area contributed by atoms with Gasteiger partial charge in [-0.3, -0.25) is 0 Å². The second-order valence-corrected chi connectivity index (χ2v) is 4.45. The van der Waals surface area contributed by atoms with E-state index in [9.17, 15) is 0 Å². The first kappa shape index (κ1) is 11.2. The van der Waals surface area contributed by atoms with Crippen molar-refractivity contribution in [1.29, 1.82) is 10.5 Å². The zero-order valence-corrected chi connectivity index (χ0v) is 7.30. The minimum atomic E-state index is -4.47. The van der Waals surface area contributed by atoms with E-state index in [1.54, 1.807) is 5.16 Å². The molecule has 8 nitrogen and oxygen atoms in total. The topological polar surface area (TPSA) is 117 Å². The summed E-state index contributed by atoms with van der Waals surface area (Å²) in [5.74, 6) is 0. The molecule has 0 aliphatic heterocycles. The number of nitrogens with zero attached hydrogens (tertiary/aromatic N) is 8. The predicted molar refractivity (Wildman–Crippen MR) is 48.6 cm³/mol. The van der Waals surface area contributed by atoms with Gasteiger partial charge in [-0.15, -0.1) is 5.53 Å². The molecule has 0 bridgehead atoms. The van der Waals surface area contributed by atoms with Crippen LogP contribution in [0.5, 0.6) is 0 Å². The van der Waals surface area contributed by atoms with Crippen molar-refractivity contribution in [2.24, 2.45) is 10.3 Å². The van der Waals surface area contributed by atoms with Gasteiger partial charge in [-0.1, -0.05) is 0 Å². The summed E-state index contributed by atoms with van der Waals surface area (Å²) in [5, 5.41) is 27.0. The molecule has 14 heavy (non-hydrogen) atoms. The van der Waals surface area contributed by atoms with E-state index < -0.39 is 9.12 Å². The van der Waals surface area contributed by atoms with Gasteiger partial charge < -0.3 is 0 Å². The molecule has 0 radical (unpaired) electrons. The van der Waals surface area contributed by atoms with Gasteiger partial charge in [0.25, 0.3) is 10.8 Å². The Morgan fingerprint density at radius 2 is 1.71 bits per heavy atom. The van der Waals surface area contributed by atoms with E-state index in [4.69, 9.17) is 29.2 Å². The maximum atomic E-state index is 8.62. The average molecular weight is 204 g/mol. The lowest BCUT2D eigenvalue weighted by Crippen LogP contribution is -1.89. The zero-order valence-electron chi connectivity index (χ0n) is 6.49. The third kappa shape index (κ3) is 1.52. The molecular weight excluding hydrogens is 204 g/mol. The van der Waals surface area contributed by atoms with E-state index in [0.717, 1.165) is 0 Å². The molecule has 0 aromatic carbocycles. The van der Waals surface area contributed by atoms with Gasteiger partial charge in [0.2, 0.25) is 0 Å². The molecule has 66 valence electrons. The molecule has 0 N–H and O–H groups in total. The Labute approximate surface area is 78.7 Å². The lowest BCUT2D eigenvalue weighted by molar-refractivity contribution is 1.23. The highest BCUT2D eigenvalue weighted by molar-refractivity contribution is 8.56. The van der Waals surface area contributed by atoms with Crippen LogP contribution in [0.1, 0.15) is 0 Å². The van der Waals surface area contributed by atoms with Crippen LogP contribution in [-0.2, 0) is 0 Å². The normalized spacial score (nSPS) is 10.4. The largest absolute Gasteiger partial charge is 0.437 e. The first-order chi connectivity index (χ1) is 6.62. The molecule has 0 rings (SSSR count). The highest BCUT2D eigenvalue weighted by Crippen LogP contribution is 2.59. The maximum Gasteiger partial charge on any atom is 0.437 e. The summed E-state index contributed by atoms with van der Waals surface area (Å²) < 4.78 is 5.34. The molecule has 0 amide bonds. The van der Waals surface area contributed by atoms with Crippen LogP contribution in [-0.4, -0.2) is 5.16 Å². The molecule has 0 aromatic heterocycles. The fraction of sp³-hybridized carbons (Fsp3) is 0. The molecule has 0 spiro atoms. The van der Waals surface area contributed by atoms with Gasteiger partial charge in [0, 0.05) is 10.3 Å². The van der Waals surface area contributed by atoms with Crippen LogP contribution in [0.3, 0.4) is 0 Å². The molecule has 0 aliphatic carbocycles. The van der Waals surface area contributed by atoms with Gasteiger partial charge in [0.1, 0.15) is 0 Å². The summed E-state index contributed by atoms with van der Waals surface area (Å²) in [4.78, 5) is 2.20. The Morgan fingerprint density at radius 3 is 2.00 bits per heavy atom. The van der Waals surface area contributed by atoms with Crippen LogP contribution in [0.4, 0.5) is 0 Å². The molecule has 0 aliphatic rings. The standard InChI is InChI=1S/C5N8S/c1-9-14(3-6,4-7,10-2)5-11-13-12-8. The van der Waals surface area contributed by atoms with Crippen molar-refractivity contribution in [1.82, 2.24) is 0 Å². The highest BCUT2D eigenvalue weighted by Gasteiger charge is 2.47. The molecule has 0 unspecified atom stereocenters. The average Bonchev–Trinajstić information content (AvgIpc) is 2.27. The van der Waals surface area contributed by atoms with E-state index in [-0.39, 0.29) is 0 Å². The smallest absolute Gasteiger partial charge is 0.204 e. The highest BCUT2D eigenvalue weighted by atomic mass is 32.3. The Balaban J connectivity index is 6.47. The second kappa shape index (κ2) is 3.74. The van der Waals surface area contributed by atoms with Crippen LogP contribution < -0.4 is 0 Å². The molecule has 0 atom stereocenters. The van der Waals surface area contributed by atoms with Crippen LogP contribution in [0.2, 0.25) is 0 Å². The molecule has 0 saturated carbocycles. The van der Waals surface area contributed by atoms with Gasteiger partial charge in [-0.2, -0.15) is 23.9 Å². The number of hydrogen-bond donors (Lipinski definition) is 0. The molecule has 0 aromatic rings. The third-order valence-electron chi connectivity index (χ3n) is 1.000. The van der Waals surface area contributed by atoms with Crippen molar-refractivity contribution >= 4 is 14.3 Å². The third-order valence-corrected chi connectivity index (χ3v) is 2.83. The van der Waals surface area contributed by atoms with Crippen molar-refractivity contribution in [2.75, 3.05) is 0 Å². The first-order valence-corrected chi connectivity index (χ1v) is 4.65. The summed E-state index contributed by atoms with van der Waals surface area (Å²) in [7, 11) is -4.47. The van der Waals surface area contributed by atoms with E-state index in [0.29, 0.717) is 0 Å². The Hall–Kier alpha value is -2.80. The Kier molecular flexibility index (Phi) is 2.99. The maximum absolute atomic E-state index is 8.62. The second-order valence-electron chi connectivity index (χ2n) is 1.67. The Bertz CT molecular complexity index is 494. The van der Waals surface area contributed by atoms with Crippen molar-refractivity contribution in [3.63, 3.8) is 0 Å². The summed E-state index contributed by atoms with van der Waals surface area (Å²) >= 11 is 0. The Morgan fingerprint density at radius 1 is 1.21 bits per heavy atom. The lowest BCUT2D eigenvalue weighted by atomic mass is 11.7. The first-order valence-electron chi connectivity index (χ1n) is 2.70. The molecule has 0 fully saturated rings. The molecule has 0 heterocycles. The molecular formula is C5N8S. The summed E-state index contributed by atoms with van der Waals surface area (Å²) in [6.07, 6.45) is 0. The van der Waals surface area contributed by atoms with E-state index in [1.165, 1.54) is 10.8 Å². The van der Waals surface area contributed by atoms with Gasteiger partial charge >= 0.3 is 14.3 Å². The number of isothiocyanates is 1. The quantitative estimate of drug-likeness (QED) is 0.0949. The van der Waals surface area contributed by atoms with Crippen LogP contribution in [0, 0.1) is 34.5 Å². The molecule has 9 heteroatoms. The van der Waals surface area contributed by atoms with Gasteiger partial charge in [-0.25, -0.2) is 13.1 Å². The number of nitriles is 2. The minimum Gasteiger partial charge on any atom is -0.204 e. The summed E-state index contributed by atoms with van der Waals surface area (Å²) in [5.41, 5.74) is 7.85. The van der Waals surface area contributed by atoms with Crippen molar-refractivity contribution in [3.8, 4) is 10.8 Å². The fourth-order valence-electron chi connectivity index (χ4n) is 0.320. The van der Waals surface area contributed by atoms with Gasteiger partial charge in [0.05, 0.1) is 0 Å². The lowest BCUT2D eigenvalue weighted by Gasteiger charge is -1.99.